The van der Waals surface area contributed by atoms with Gasteiger partial charge >= 0.3 is 0 Å². The van der Waals surface area contributed by atoms with Crippen LogP contribution in [0.15, 0.2) is 10.7 Å². The summed E-state index contributed by atoms with van der Waals surface area (Å²) in [7, 11) is 0. The van der Waals surface area contributed by atoms with Crippen molar-refractivity contribution in [1.82, 2.24) is 19.9 Å². The molecule has 0 spiro atoms. The van der Waals surface area contributed by atoms with Crippen LogP contribution in [0.3, 0.4) is 0 Å². The lowest BCUT2D eigenvalue weighted by Gasteiger charge is -2.36. The summed E-state index contributed by atoms with van der Waals surface area (Å²) < 4.78 is 11.0. The largest absolute Gasteiger partial charge is 0.483 e. The zero-order chi connectivity index (χ0) is 19.7. The molecule has 3 heterocycles. The van der Waals surface area contributed by atoms with Gasteiger partial charge in [-0.1, -0.05) is 11.6 Å². The minimum absolute atomic E-state index is 0.0544. The fourth-order valence-electron chi connectivity index (χ4n) is 4.53. The Hall–Kier alpha value is -2.09. The zero-order valence-corrected chi connectivity index (χ0v) is 16.8. The number of carbonyl (C=O) groups is 2. The van der Waals surface area contributed by atoms with E-state index < -0.39 is 6.04 Å². The Labute approximate surface area is 165 Å². The maximum atomic E-state index is 13.3. The van der Waals surface area contributed by atoms with Crippen molar-refractivity contribution >= 4 is 11.8 Å². The van der Waals surface area contributed by atoms with Gasteiger partial charge in [-0.15, -0.1) is 0 Å². The molecule has 8 nitrogen and oxygen atoms in total. The van der Waals surface area contributed by atoms with Gasteiger partial charge in [0.15, 0.2) is 11.5 Å². The molecule has 8 heteroatoms. The molecule has 3 aliphatic rings. The zero-order valence-electron chi connectivity index (χ0n) is 16.8. The summed E-state index contributed by atoms with van der Waals surface area (Å²) >= 11 is 0. The molecule has 1 saturated carbocycles. The normalized spacial score (nSPS) is 26.8. The fourth-order valence-corrected chi connectivity index (χ4v) is 4.53. The second kappa shape index (κ2) is 8.11. The molecule has 2 atom stereocenters. The van der Waals surface area contributed by atoms with Gasteiger partial charge in [-0.25, -0.2) is 0 Å². The summed E-state index contributed by atoms with van der Waals surface area (Å²) in [5, 5.41) is 3.73. The summed E-state index contributed by atoms with van der Waals surface area (Å²) in [6, 6.07) is 0.262. The molecule has 4 rings (SSSR count). The third-order valence-corrected chi connectivity index (χ3v) is 6.39. The van der Waals surface area contributed by atoms with Gasteiger partial charge in [0.2, 0.25) is 11.8 Å². The van der Waals surface area contributed by atoms with Gasteiger partial charge in [-0.3, -0.25) is 14.5 Å². The number of carbonyl (C=O) groups excluding carboxylic acids is 2. The van der Waals surface area contributed by atoms with Crippen LogP contribution in [0.1, 0.15) is 44.8 Å². The second-order valence-corrected chi connectivity index (χ2v) is 8.21. The highest BCUT2D eigenvalue weighted by Gasteiger charge is 2.42. The van der Waals surface area contributed by atoms with Crippen molar-refractivity contribution < 1.29 is 18.8 Å². The number of aryl methyl sites for hydroxylation is 1. The smallest absolute Gasteiger partial charge is 0.245 e. The first-order valence-electron chi connectivity index (χ1n) is 10.4. The Balaban J connectivity index is 1.40. The molecule has 0 unspecified atom stereocenters. The van der Waals surface area contributed by atoms with Crippen molar-refractivity contribution in [3.8, 4) is 5.75 Å². The molecule has 0 radical (unpaired) electrons. The van der Waals surface area contributed by atoms with Crippen molar-refractivity contribution in [3.63, 3.8) is 0 Å². The topological polar surface area (TPSA) is 79.1 Å². The van der Waals surface area contributed by atoms with Crippen molar-refractivity contribution in [2.24, 2.45) is 0 Å². The lowest BCUT2D eigenvalue weighted by molar-refractivity contribution is -0.142. The molecule has 1 aromatic heterocycles. The lowest BCUT2D eigenvalue weighted by Crippen LogP contribution is -2.48. The molecule has 0 N–H and O–H groups in total. The molecule has 1 aromatic rings. The van der Waals surface area contributed by atoms with Crippen molar-refractivity contribution in [2.45, 2.75) is 64.1 Å². The summed E-state index contributed by atoms with van der Waals surface area (Å²) in [6.07, 6.45) is 6.71. The molecule has 2 amide bonds. The van der Waals surface area contributed by atoms with Crippen molar-refractivity contribution in [2.75, 3.05) is 32.7 Å². The highest BCUT2D eigenvalue weighted by atomic mass is 16.5. The fraction of sp³-hybridized carbons (Fsp3) is 0.750. The molecular weight excluding hydrogens is 360 g/mol. The number of hydrogen-bond donors (Lipinski definition) is 0. The number of ether oxygens (including phenoxy) is 1. The third-order valence-electron chi connectivity index (χ3n) is 6.39. The second-order valence-electron chi connectivity index (χ2n) is 8.21. The molecule has 0 aromatic carbocycles. The van der Waals surface area contributed by atoms with Gasteiger partial charge in [0.25, 0.3) is 0 Å². The number of aromatic nitrogens is 1. The Bertz CT molecular complexity index is 717. The molecule has 2 aliphatic heterocycles. The molecular formula is C20H30N4O4. The molecule has 2 saturated heterocycles. The van der Waals surface area contributed by atoms with Crippen LogP contribution in [0.5, 0.6) is 5.75 Å². The first-order valence-corrected chi connectivity index (χ1v) is 10.4. The van der Waals surface area contributed by atoms with Crippen molar-refractivity contribution in [3.05, 3.63) is 12.0 Å². The maximum absolute atomic E-state index is 13.3. The molecule has 1 aliphatic carbocycles. The summed E-state index contributed by atoms with van der Waals surface area (Å²) in [4.78, 5) is 31.6. The van der Waals surface area contributed by atoms with Crippen LogP contribution in [0.25, 0.3) is 0 Å². The van der Waals surface area contributed by atoms with Gasteiger partial charge in [0, 0.05) is 52.5 Å². The van der Waals surface area contributed by atoms with Crippen LogP contribution >= 0.6 is 0 Å². The van der Waals surface area contributed by atoms with Crippen LogP contribution in [0.4, 0.5) is 0 Å². The Morgan fingerprint density at radius 3 is 2.64 bits per heavy atom. The molecule has 3 fully saturated rings. The summed E-state index contributed by atoms with van der Waals surface area (Å²) in [6.45, 7) is 7.23. The van der Waals surface area contributed by atoms with E-state index in [0.29, 0.717) is 30.5 Å². The van der Waals surface area contributed by atoms with E-state index in [9.17, 15) is 9.59 Å². The summed E-state index contributed by atoms with van der Waals surface area (Å²) in [5.74, 6) is 1.15. The predicted octanol–water partition coefficient (Wildman–Crippen LogP) is 1.44. The average molecular weight is 390 g/mol. The van der Waals surface area contributed by atoms with Gasteiger partial charge in [0.1, 0.15) is 18.3 Å². The average Bonchev–Trinajstić information content (AvgIpc) is 3.14. The van der Waals surface area contributed by atoms with Crippen LogP contribution in [0.2, 0.25) is 0 Å². The highest BCUT2D eigenvalue weighted by molar-refractivity contribution is 5.87. The first-order chi connectivity index (χ1) is 13.5. The van der Waals surface area contributed by atoms with E-state index in [1.807, 2.05) is 4.90 Å². The number of nitrogens with zero attached hydrogens (tertiary/aromatic N) is 4. The third kappa shape index (κ3) is 3.87. The van der Waals surface area contributed by atoms with E-state index in [-0.39, 0.29) is 17.9 Å². The van der Waals surface area contributed by atoms with E-state index in [2.05, 4.69) is 10.1 Å². The maximum Gasteiger partial charge on any atom is 0.245 e. The highest BCUT2D eigenvalue weighted by Crippen LogP contribution is 2.28. The van der Waals surface area contributed by atoms with Crippen LogP contribution < -0.4 is 4.74 Å². The monoisotopic (exact) mass is 390 g/mol. The van der Waals surface area contributed by atoms with E-state index in [4.69, 9.17) is 9.26 Å². The Morgan fingerprint density at radius 2 is 2.00 bits per heavy atom. The van der Waals surface area contributed by atoms with E-state index in [1.54, 1.807) is 11.8 Å². The number of amides is 2. The van der Waals surface area contributed by atoms with Gasteiger partial charge in [-0.05, 0) is 19.3 Å². The summed E-state index contributed by atoms with van der Waals surface area (Å²) in [5.41, 5.74) is 0. The molecule has 0 bridgehead atoms. The van der Waals surface area contributed by atoms with E-state index in [0.717, 1.165) is 32.6 Å². The van der Waals surface area contributed by atoms with E-state index in [1.165, 1.54) is 32.4 Å². The van der Waals surface area contributed by atoms with Crippen molar-refractivity contribution in [1.29, 1.82) is 0 Å². The Kier molecular flexibility index (Phi) is 5.57. The Morgan fingerprint density at radius 1 is 1.18 bits per heavy atom. The SMILES string of the molecule is CC(=O)N1C[C@@H](Oc2cnoc2C)C[C@@H]1C(=O)N1CCCN(C2CCC2)CC1. The standard InChI is InChI=1S/C20H30N4O4/c1-14-19(12-21-28-14)27-17-11-18(24(13-17)15(2)25)20(26)23-8-4-7-22(9-10-23)16-5-3-6-16/h12,16-18H,3-11,13H2,1-2H3/t17-,18+/m0/s1. The lowest BCUT2D eigenvalue weighted by atomic mass is 9.91. The molecule has 154 valence electrons. The quantitative estimate of drug-likeness (QED) is 0.774. The minimum atomic E-state index is -0.446. The van der Waals surface area contributed by atoms with Crippen LogP contribution in [0, 0.1) is 6.92 Å². The number of likely N-dealkylation sites (tertiary alicyclic amines) is 1. The van der Waals surface area contributed by atoms with Gasteiger partial charge < -0.3 is 19.1 Å². The predicted molar refractivity (Wildman–Crippen MR) is 102 cm³/mol. The number of rotatable bonds is 4. The minimum Gasteiger partial charge on any atom is -0.483 e. The van der Waals surface area contributed by atoms with Crippen LogP contribution in [-0.2, 0) is 9.59 Å². The van der Waals surface area contributed by atoms with Gasteiger partial charge in [0.05, 0.1) is 6.54 Å². The van der Waals surface area contributed by atoms with Gasteiger partial charge in [-0.2, -0.15) is 0 Å². The first kappa shape index (κ1) is 19.2. The number of hydrogen-bond acceptors (Lipinski definition) is 6. The molecule has 28 heavy (non-hydrogen) atoms. The van der Waals surface area contributed by atoms with E-state index >= 15 is 0 Å². The van der Waals surface area contributed by atoms with Crippen LogP contribution in [-0.4, -0.2) is 82.6 Å².